The molecule has 156 valence electrons. The van der Waals surface area contributed by atoms with E-state index in [1.165, 1.54) is 0 Å². The highest BCUT2D eigenvalue weighted by molar-refractivity contribution is 7.90. The normalized spacial score (nSPS) is 22.1. The highest BCUT2D eigenvalue weighted by Crippen LogP contribution is 2.44. The number of hydrogen-bond acceptors (Lipinski definition) is 5. The van der Waals surface area contributed by atoms with Crippen LogP contribution in [0.2, 0.25) is 0 Å². The molecule has 0 aromatic carbocycles. The molecular formula is C19H26N6O3S. The molecule has 5 rings (SSSR count). The van der Waals surface area contributed by atoms with Gasteiger partial charge >= 0.3 is 0 Å². The summed E-state index contributed by atoms with van der Waals surface area (Å²) < 4.78 is 30.9. The maximum absolute atomic E-state index is 12.7. The van der Waals surface area contributed by atoms with Crippen LogP contribution in [0.1, 0.15) is 38.4 Å². The number of aryl methyl sites for hydroxylation is 1. The van der Waals surface area contributed by atoms with E-state index in [0.717, 1.165) is 29.9 Å². The largest absolute Gasteiger partial charge is 0.328 e. The Hall–Kier alpha value is -2.20. The minimum Gasteiger partial charge on any atom is -0.328 e. The first-order valence-corrected chi connectivity index (χ1v) is 11.7. The van der Waals surface area contributed by atoms with Gasteiger partial charge in [0, 0.05) is 51.9 Å². The van der Waals surface area contributed by atoms with Gasteiger partial charge in [0.25, 0.3) is 0 Å². The average molecular weight is 419 g/mol. The molecule has 9 nitrogen and oxygen atoms in total. The van der Waals surface area contributed by atoms with Crippen LogP contribution in [0.4, 0.5) is 0 Å². The lowest BCUT2D eigenvalue weighted by Crippen LogP contribution is -2.59. The highest BCUT2D eigenvalue weighted by Gasteiger charge is 2.51. The van der Waals surface area contributed by atoms with Crippen molar-refractivity contribution in [2.24, 2.45) is 7.05 Å². The number of piperidine rings is 1. The van der Waals surface area contributed by atoms with Crippen LogP contribution in [0.15, 0.2) is 18.6 Å². The maximum Gasteiger partial charge on any atom is 0.220 e. The Morgan fingerprint density at radius 1 is 1.14 bits per heavy atom. The smallest absolute Gasteiger partial charge is 0.220 e. The van der Waals surface area contributed by atoms with Gasteiger partial charge in [-0.25, -0.2) is 17.7 Å². The number of imidazole rings is 1. The van der Waals surface area contributed by atoms with Crippen LogP contribution in [-0.2, 0) is 33.9 Å². The monoisotopic (exact) mass is 418 g/mol. The summed E-state index contributed by atoms with van der Waals surface area (Å²) in [4.78, 5) is 19.2. The lowest BCUT2D eigenvalue weighted by Gasteiger charge is -2.50. The Balaban J connectivity index is 1.51. The number of carbonyl (C=O) groups excluding carboxylic acids is 1. The molecule has 0 atom stereocenters. The van der Waals surface area contributed by atoms with Crippen molar-refractivity contribution in [3.05, 3.63) is 24.4 Å². The van der Waals surface area contributed by atoms with Gasteiger partial charge < -0.3 is 9.47 Å². The zero-order valence-corrected chi connectivity index (χ0v) is 17.6. The Labute approximate surface area is 170 Å². The van der Waals surface area contributed by atoms with Crippen molar-refractivity contribution >= 4 is 15.9 Å². The number of fused-ring (bicyclic) bond motifs is 2. The summed E-state index contributed by atoms with van der Waals surface area (Å²) in [5, 5.41) is 4.06. The number of hydrogen-bond donors (Lipinski definition) is 0. The van der Waals surface area contributed by atoms with Crippen LogP contribution in [0.5, 0.6) is 0 Å². The second-order valence-corrected chi connectivity index (χ2v) is 10.6. The number of nitrogens with zero attached hydrogens (tertiary/aromatic N) is 6. The van der Waals surface area contributed by atoms with E-state index in [-0.39, 0.29) is 11.2 Å². The number of sulfonamides is 1. The van der Waals surface area contributed by atoms with Gasteiger partial charge in [0.1, 0.15) is 11.4 Å². The fraction of sp³-hybridized carbons (Fsp3) is 0.632. The summed E-state index contributed by atoms with van der Waals surface area (Å²) in [5.41, 5.74) is 1.43. The van der Waals surface area contributed by atoms with Crippen LogP contribution in [0.3, 0.4) is 0 Å². The van der Waals surface area contributed by atoms with Crippen LogP contribution in [0, 0.1) is 0 Å². The van der Waals surface area contributed by atoms with Gasteiger partial charge in [-0.3, -0.25) is 9.48 Å². The summed E-state index contributed by atoms with van der Waals surface area (Å²) in [6, 6.07) is 0. The maximum atomic E-state index is 12.7. The first kappa shape index (κ1) is 18.8. The average Bonchev–Trinajstić information content (AvgIpc) is 3.33. The fourth-order valence-electron chi connectivity index (χ4n) is 4.93. The zero-order chi connectivity index (χ0) is 20.4. The van der Waals surface area contributed by atoms with Crippen LogP contribution in [-0.4, -0.2) is 67.7 Å². The quantitative estimate of drug-likeness (QED) is 0.739. The highest BCUT2D eigenvalue weighted by atomic mass is 32.2. The Bertz CT molecular complexity index is 1060. The summed E-state index contributed by atoms with van der Waals surface area (Å²) >= 11 is 0. The Morgan fingerprint density at radius 3 is 2.45 bits per heavy atom. The van der Waals surface area contributed by atoms with Crippen molar-refractivity contribution in [3.63, 3.8) is 0 Å². The second-order valence-electron chi connectivity index (χ2n) is 8.37. The Kier molecular flexibility index (Phi) is 4.15. The predicted molar refractivity (Wildman–Crippen MR) is 106 cm³/mol. The van der Waals surface area contributed by atoms with E-state index in [1.807, 2.05) is 30.5 Å². The SMILES string of the molecule is CC(=O)N1CCn2c(-c3cnn(C)c3)cnc2C12CCN(S(=O)(=O)C1CC1)CC2. The molecule has 0 N–H and O–H groups in total. The van der Waals surface area contributed by atoms with E-state index in [2.05, 4.69) is 9.67 Å². The number of carbonyl (C=O) groups is 1. The van der Waals surface area contributed by atoms with Crippen molar-refractivity contribution in [3.8, 4) is 11.3 Å². The van der Waals surface area contributed by atoms with E-state index < -0.39 is 15.6 Å². The number of amides is 1. The fourth-order valence-corrected chi connectivity index (χ4v) is 6.78. The summed E-state index contributed by atoms with van der Waals surface area (Å²) in [7, 11) is -1.32. The van der Waals surface area contributed by atoms with Crippen molar-refractivity contribution in [1.82, 2.24) is 28.5 Å². The summed E-state index contributed by atoms with van der Waals surface area (Å²) in [6.07, 6.45) is 8.30. The van der Waals surface area contributed by atoms with E-state index in [9.17, 15) is 13.2 Å². The van der Waals surface area contributed by atoms with Crippen LogP contribution in [0.25, 0.3) is 11.3 Å². The molecule has 1 saturated heterocycles. The van der Waals surface area contributed by atoms with Crippen molar-refractivity contribution in [2.75, 3.05) is 19.6 Å². The van der Waals surface area contributed by atoms with Crippen molar-refractivity contribution in [2.45, 2.75) is 49.9 Å². The Morgan fingerprint density at radius 2 is 1.86 bits per heavy atom. The molecule has 29 heavy (non-hydrogen) atoms. The summed E-state index contributed by atoms with van der Waals surface area (Å²) in [5.74, 6) is 0.877. The second kappa shape index (κ2) is 6.40. The topological polar surface area (TPSA) is 93.3 Å². The molecule has 1 spiro atoms. The van der Waals surface area contributed by atoms with Crippen molar-refractivity contribution in [1.29, 1.82) is 0 Å². The van der Waals surface area contributed by atoms with Gasteiger partial charge in [0.2, 0.25) is 15.9 Å². The lowest BCUT2D eigenvalue weighted by molar-refractivity contribution is -0.140. The van der Waals surface area contributed by atoms with Crippen LogP contribution >= 0.6 is 0 Å². The standard InChI is InChI=1S/C19H26N6O3S/c1-14(26)25-10-9-24-17(15-11-21-22(2)13-15)12-20-18(24)19(25)5-7-23(8-6-19)29(27,28)16-3-4-16/h11-13,16H,3-10H2,1-2H3. The number of rotatable bonds is 3. The molecule has 0 radical (unpaired) electrons. The van der Waals surface area contributed by atoms with Gasteiger partial charge in [-0.05, 0) is 25.7 Å². The third-order valence-electron chi connectivity index (χ3n) is 6.57. The van der Waals surface area contributed by atoms with E-state index in [0.29, 0.717) is 39.0 Å². The molecule has 4 heterocycles. The first-order chi connectivity index (χ1) is 13.8. The lowest BCUT2D eigenvalue weighted by atomic mass is 9.83. The molecule has 2 aromatic rings. The summed E-state index contributed by atoms with van der Waals surface area (Å²) in [6.45, 7) is 3.72. The molecule has 3 aliphatic rings. The minimum absolute atomic E-state index is 0.0145. The van der Waals surface area contributed by atoms with Gasteiger partial charge in [0.15, 0.2) is 0 Å². The molecule has 10 heteroatoms. The third-order valence-corrected chi connectivity index (χ3v) is 8.97. The predicted octanol–water partition coefficient (Wildman–Crippen LogP) is 0.929. The molecule has 2 aromatic heterocycles. The van der Waals surface area contributed by atoms with E-state index in [4.69, 9.17) is 4.98 Å². The molecule has 1 aliphatic carbocycles. The van der Waals surface area contributed by atoms with Crippen molar-refractivity contribution < 1.29 is 13.2 Å². The first-order valence-electron chi connectivity index (χ1n) is 10.2. The van der Waals surface area contributed by atoms with Crippen LogP contribution < -0.4 is 0 Å². The van der Waals surface area contributed by atoms with E-state index in [1.54, 1.807) is 15.9 Å². The van der Waals surface area contributed by atoms with E-state index >= 15 is 0 Å². The molecule has 2 aliphatic heterocycles. The third kappa shape index (κ3) is 2.83. The molecular weight excluding hydrogens is 392 g/mol. The van der Waals surface area contributed by atoms with Gasteiger partial charge in [-0.1, -0.05) is 0 Å². The number of aromatic nitrogens is 4. The molecule has 2 fully saturated rings. The zero-order valence-electron chi connectivity index (χ0n) is 16.8. The molecule has 0 unspecified atom stereocenters. The van der Waals surface area contributed by atoms with Gasteiger partial charge in [0.05, 0.1) is 23.3 Å². The molecule has 0 bridgehead atoms. The molecule has 1 saturated carbocycles. The van der Waals surface area contributed by atoms with Gasteiger partial charge in [-0.2, -0.15) is 5.10 Å². The molecule has 1 amide bonds. The minimum atomic E-state index is -3.20. The van der Waals surface area contributed by atoms with Gasteiger partial charge in [-0.15, -0.1) is 0 Å².